The van der Waals surface area contributed by atoms with Crippen molar-refractivity contribution in [3.8, 4) is 11.5 Å². The van der Waals surface area contributed by atoms with Gasteiger partial charge in [0.1, 0.15) is 17.3 Å². The van der Waals surface area contributed by atoms with Crippen LogP contribution in [0.25, 0.3) is 0 Å². The quantitative estimate of drug-likeness (QED) is 0.529. The van der Waals surface area contributed by atoms with E-state index in [1.807, 2.05) is 0 Å². The van der Waals surface area contributed by atoms with E-state index in [4.69, 9.17) is 4.74 Å². The number of anilines is 1. The number of nitro benzene ring substituents is 1. The molecule has 0 aliphatic rings. The third-order valence-electron chi connectivity index (χ3n) is 3.51. The number of halogens is 1. The monoisotopic (exact) mass is 352 g/mol. The number of ether oxygens (including phenoxy) is 1. The maximum Gasteiger partial charge on any atom is 0.269 e. The summed E-state index contributed by atoms with van der Waals surface area (Å²) < 4.78 is 19.2. The lowest BCUT2D eigenvalue weighted by Crippen LogP contribution is -2.13. The average molecular weight is 352 g/mol. The Morgan fingerprint density at radius 2 is 1.50 bits per heavy atom. The third kappa shape index (κ3) is 4.02. The van der Waals surface area contributed by atoms with Crippen LogP contribution in [0.2, 0.25) is 0 Å². The van der Waals surface area contributed by atoms with Gasteiger partial charge in [-0.15, -0.1) is 0 Å². The van der Waals surface area contributed by atoms with Crippen LogP contribution in [0, 0.1) is 15.9 Å². The van der Waals surface area contributed by atoms with Crippen molar-refractivity contribution in [2.45, 2.75) is 0 Å². The van der Waals surface area contributed by atoms with Gasteiger partial charge >= 0.3 is 0 Å². The Morgan fingerprint density at radius 1 is 0.923 bits per heavy atom. The lowest BCUT2D eigenvalue weighted by Gasteiger charge is -2.08. The Morgan fingerprint density at radius 3 is 2.08 bits per heavy atom. The lowest BCUT2D eigenvalue weighted by atomic mass is 10.2. The number of amides is 1. The molecule has 26 heavy (non-hydrogen) atoms. The summed E-state index contributed by atoms with van der Waals surface area (Å²) in [7, 11) is 0. The zero-order valence-electron chi connectivity index (χ0n) is 13.4. The molecule has 7 heteroatoms. The van der Waals surface area contributed by atoms with Crippen molar-refractivity contribution in [1.82, 2.24) is 0 Å². The van der Waals surface area contributed by atoms with Crippen molar-refractivity contribution < 1.29 is 18.8 Å². The molecule has 130 valence electrons. The first-order chi connectivity index (χ1) is 12.5. The van der Waals surface area contributed by atoms with E-state index in [1.54, 1.807) is 30.3 Å². The number of nitro groups is 1. The van der Waals surface area contributed by atoms with Gasteiger partial charge in [-0.3, -0.25) is 14.9 Å². The Hall–Kier alpha value is -3.74. The minimum Gasteiger partial charge on any atom is -0.457 e. The molecule has 1 N–H and O–H groups in total. The smallest absolute Gasteiger partial charge is 0.269 e. The van der Waals surface area contributed by atoms with Crippen LogP contribution < -0.4 is 10.1 Å². The van der Waals surface area contributed by atoms with Crippen molar-refractivity contribution in [3.63, 3.8) is 0 Å². The fourth-order valence-corrected chi connectivity index (χ4v) is 2.22. The van der Waals surface area contributed by atoms with Crippen LogP contribution in [0.15, 0.2) is 72.8 Å². The highest BCUT2D eigenvalue weighted by atomic mass is 19.1. The SMILES string of the molecule is O=C(Nc1ccc(Oc2ccc([N+](=O)[O-])cc2)cc1)c1ccccc1F. The summed E-state index contributed by atoms with van der Waals surface area (Å²) in [5.41, 5.74) is 0.413. The van der Waals surface area contributed by atoms with Crippen LogP contribution in [0.4, 0.5) is 15.8 Å². The molecule has 0 atom stereocenters. The molecule has 1 amide bonds. The Bertz CT molecular complexity index is 941. The Labute approximate surface area is 148 Å². The molecule has 0 saturated carbocycles. The number of hydrogen-bond donors (Lipinski definition) is 1. The predicted molar refractivity (Wildman–Crippen MR) is 94.0 cm³/mol. The summed E-state index contributed by atoms with van der Waals surface area (Å²) in [6, 6.07) is 17.9. The molecule has 0 heterocycles. The highest BCUT2D eigenvalue weighted by molar-refractivity contribution is 6.04. The van der Waals surface area contributed by atoms with E-state index in [-0.39, 0.29) is 11.3 Å². The minimum atomic E-state index is -0.594. The molecular weight excluding hydrogens is 339 g/mol. The van der Waals surface area contributed by atoms with Crippen LogP contribution in [0.1, 0.15) is 10.4 Å². The van der Waals surface area contributed by atoms with Gasteiger partial charge in [0, 0.05) is 17.8 Å². The second-order valence-corrected chi connectivity index (χ2v) is 5.31. The lowest BCUT2D eigenvalue weighted by molar-refractivity contribution is -0.384. The van der Waals surface area contributed by atoms with Crippen molar-refractivity contribution in [2.75, 3.05) is 5.32 Å². The minimum absolute atomic E-state index is 0.0245. The van der Waals surface area contributed by atoms with Crippen molar-refractivity contribution >= 4 is 17.3 Å². The van der Waals surface area contributed by atoms with Gasteiger partial charge in [-0.25, -0.2) is 4.39 Å². The summed E-state index contributed by atoms with van der Waals surface area (Å²) in [4.78, 5) is 22.2. The Kier molecular flexibility index (Phi) is 4.89. The van der Waals surface area contributed by atoms with Crippen LogP contribution in [-0.4, -0.2) is 10.8 Å². The van der Waals surface area contributed by atoms with E-state index in [0.717, 1.165) is 0 Å². The van der Waals surface area contributed by atoms with Gasteiger partial charge in [0.2, 0.25) is 0 Å². The maximum absolute atomic E-state index is 13.6. The number of benzene rings is 3. The van der Waals surface area contributed by atoms with E-state index in [9.17, 15) is 19.3 Å². The second kappa shape index (κ2) is 7.43. The largest absolute Gasteiger partial charge is 0.457 e. The molecule has 0 aliphatic heterocycles. The van der Waals surface area contributed by atoms with Crippen molar-refractivity contribution in [1.29, 1.82) is 0 Å². The highest BCUT2D eigenvalue weighted by Crippen LogP contribution is 2.25. The standard InChI is InChI=1S/C19H13FN2O4/c20-18-4-2-1-3-17(18)19(23)21-13-5-9-15(10-6-13)26-16-11-7-14(8-12-16)22(24)25/h1-12H,(H,21,23). The number of carbonyl (C=O) groups is 1. The summed E-state index contributed by atoms with van der Waals surface area (Å²) in [6.07, 6.45) is 0. The van der Waals surface area contributed by atoms with Gasteiger partial charge in [0.15, 0.2) is 0 Å². The molecule has 3 rings (SSSR count). The van der Waals surface area contributed by atoms with E-state index >= 15 is 0 Å². The number of non-ortho nitro benzene ring substituents is 1. The third-order valence-corrected chi connectivity index (χ3v) is 3.51. The summed E-state index contributed by atoms with van der Waals surface area (Å²) in [5, 5.41) is 13.2. The van der Waals surface area contributed by atoms with Gasteiger partial charge in [-0.2, -0.15) is 0 Å². The number of rotatable bonds is 5. The van der Waals surface area contributed by atoms with E-state index < -0.39 is 16.6 Å². The highest BCUT2D eigenvalue weighted by Gasteiger charge is 2.11. The first-order valence-corrected chi connectivity index (χ1v) is 7.61. The van der Waals surface area contributed by atoms with Gasteiger partial charge in [0.25, 0.3) is 11.6 Å². The number of carbonyl (C=O) groups excluding carboxylic acids is 1. The molecule has 0 spiro atoms. The zero-order chi connectivity index (χ0) is 18.5. The molecule has 6 nitrogen and oxygen atoms in total. The van der Waals surface area contributed by atoms with E-state index in [0.29, 0.717) is 17.2 Å². The normalized spacial score (nSPS) is 10.2. The topological polar surface area (TPSA) is 81.5 Å². The Balaban J connectivity index is 1.66. The molecule has 0 aromatic heterocycles. The molecule has 0 fully saturated rings. The van der Waals surface area contributed by atoms with E-state index in [1.165, 1.54) is 42.5 Å². The molecule has 3 aromatic rings. The van der Waals surface area contributed by atoms with Crippen LogP contribution in [0.3, 0.4) is 0 Å². The average Bonchev–Trinajstić information content (AvgIpc) is 2.64. The van der Waals surface area contributed by atoms with Crippen molar-refractivity contribution in [3.05, 3.63) is 94.3 Å². The number of nitrogens with zero attached hydrogens (tertiary/aromatic N) is 1. The van der Waals surface area contributed by atoms with E-state index in [2.05, 4.69) is 5.32 Å². The van der Waals surface area contributed by atoms with Crippen LogP contribution in [0.5, 0.6) is 11.5 Å². The van der Waals surface area contributed by atoms with Gasteiger partial charge in [-0.05, 0) is 48.5 Å². The fraction of sp³-hybridized carbons (Fsp3) is 0. The first kappa shape index (κ1) is 17.1. The van der Waals surface area contributed by atoms with Crippen molar-refractivity contribution in [2.24, 2.45) is 0 Å². The van der Waals surface area contributed by atoms with Gasteiger partial charge in [-0.1, -0.05) is 12.1 Å². The molecule has 0 radical (unpaired) electrons. The molecule has 0 aliphatic carbocycles. The molecule has 0 bridgehead atoms. The zero-order valence-corrected chi connectivity index (χ0v) is 13.4. The molecular formula is C19H13FN2O4. The second-order valence-electron chi connectivity index (χ2n) is 5.31. The predicted octanol–water partition coefficient (Wildman–Crippen LogP) is 4.78. The van der Waals surface area contributed by atoms with Gasteiger partial charge in [0.05, 0.1) is 10.5 Å². The summed E-state index contributed by atoms with van der Waals surface area (Å²) >= 11 is 0. The number of nitrogens with one attached hydrogen (secondary N) is 1. The van der Waals surface area contributed by atoms with Gasteiger partial charge < -0.3 is 10.1 Å². The molecule has 3 aromatic carbocycles. The fourth-order valence-electron chi connectivity index (χ4n) is 2.22. The molecule has 0 unspecified atom stereocenters. The first-order valence-electron chi connectivity index (χ1n) is 7.61. The molecule has 0 saturated heterocycles. The maximum atomic E-state index is 13.6. The summed E-state index contributed by atoms with van der Waals surface area (Å²) in [6.45, 7) is 0. The van der Waals surface area contributed by atoms with Crippen LogP contribution in [-0.2, 0) is 0 Å². The summed E-state index contributed by atoms with van der Waals surface area (Å²) in [5.74, 6) is -0.211. The van der Waals surface area contributed by atoms with Crippen LogP contribution >= 0.6 is 0 Å². The number of hydrogen-bond acceptors (Lipinski definition) is 4.